The Morgan fingerprint density at radius 2 is 1.93 bits per heavy atom. The second-order valence-corrected chi connectivity index (χ2v) is 7.60. The van der Waals surface area contributed by atoms with Gasteiger partial charge < -0.3 is 15.0 Å². The number of hydrogen-bond donors (Lipinski definition) is 1. The fourth-order valence-electron chi connectivity index (χ4n) is 4.19. The molecule has 1 aromatic carbocycles. The van der Waals surface area contributed by atoms with E-state index in [0.717, 1.165) is 12.3 Å². The SMILES string of the molecule is CN(CC(=O)Nc1ccc(F)cc1)C(=O)COC(=O)C[C@@H]1C[C@@H]2CC[C@@H]1C2. The van der Waals surface area contributed by atoms with Crippen molar-refractivity contribution in [3.8, 4) is 0 Å². The van der Waals surface area contributed by atoms with Crippen LogP contribution in [0.1, 0.15) is 32.1 Å². The predicted octanol–water partition coefficient (Wildman–Crippen LogP) is 2.59. The average molecular weight is 376 g/mol. The van der Waals surface area contributed by atoms with Gasteiger partial charge in [-0.3, -0.25) is 14.4 Å². The molecule has 2 amide bonds. The highest BCUT2D eigenvalue weighted by Crippen LogP contribution is 2.49. The normalized spacial score (nSPS) is 23.1. The van der Waals surface area contributed by atoms with E-state index in [4.69, 9.17) is 4.74 Å². The molecule has 3 rings (SSSR count). The van der Waals surface area contributed by atoms with Crippen molar-refractivity contribution in [2.45, 2.75) is 32.1 Å². The zero-order valence-electron chi connectivity index (χ0n) is 15.4. The molecule has 0 radical (unpaired) electrons. The average Bonchev–Trinajstić information content (AvgIpc) is 3.24. The van der Waals surface area contributed by atoms with Crippen LogP contribution in [0.3, 0.4) is 0 Å². The third kappa shape index (κ3) is 5.28. The van der Waals surface area contributed by atoms with Gasteiger partial charge in [0.1, 0.15) is 5.82 Å². The number of halogens is 1. The van der Waals surface area contributed by atoms with Crippen LogP contribution < -0.4 is 5.32 Å². The molecule has 2 saturated carbocycles. The van der Waals surface area contributed by atoms with Crippen LogP contribution >= 0.6 is 0 Å². The number of benzene rings is 1. The van der Waals surface area contributed by atoms with Crippen LogP contribution in [-0.2, 0) is 19.1 Å². The first-order valence-electron chi connectivity index (χ1n) is 9.35. The Bertz CT molecular complexity index is 706. The van der Waals surface area contributed by atoms with E-state index in [0.29, 0.717) is 23.9 Å². The van der Waals surface area contributed by atoms with E-state index in [-0.39, 0.29) is 19.1 Å². The molecule has 0 spiro atoms. The molecular weight excluding hydrogens is 351 g/mol. The summed E-state index contributed by atoms with van der Waals surface area (Å²) in [4.78, 5) is 37.2. The Morgan fingerprint density at radius 3 is 2.56 bits per heavy atom. The number of hydrogen-bond acceptors (Lipinski definition) is 4. The van der Waals surface area contributed by atoms with Crippen molar-refractivity contribution >= 4 is 23.5 Å². The summed E-state index contributed by atoms with van der Waals surface area (Å²) in [6.45, 7) is -0.542. The van der Waals surface area contributed by atoms with Gasteiger partial charge in [0.2, 0.25) is 5.91 Å². The summed E-state index contributed by atoms with van der Waals surface area (Å²) >= 11 is 0. The molecule has 146 valence electrons. The summed E-state index contributed by atoms with van der Waals surface area (Å²) in [7, 11) is 1.47. The van der Waals surface area contributed by atoms with Gasteiger partial charge in [-0.2, -0.15) is 0 Å². The Labute approximate surface area is 158 Å². The van der Waals surface area contributed by atoms with E-state index in [1.165, 1.54) is 55.5 Å². The smallest absolute Gasteiger partial charge is 0.306 e. The number of carbonyl (C=O) groups excluding carboxylic acids is 3. The lowest BCUT2D eigenvalue weighted by molar-refractivity contribution is -0.152. The maximum Gasteiger partial charge on any atom is 0.306 e. The number of ether oxygens (including phenoxy) is 1. The maximum atomic E-state index is 12.9. The van der Waals surface area contributed by atoms with Crippen molar-refractivity contribution in [3.05, 3.63) is 30.1 Å². The maximum absolute atomic E-state index is 12.9. The van der Waals surface area contributed by atoms with Crippen molar-refractivity contribution in [2.75, 3.05) is 25.5 Å². The first kappa shape index (κ1) is 19.3. The molecule has 2 fully saturated rings. The first-order chi connectivity index (χ1) is 12.9. The monoisotopic (exact) mass is 376 g/mol. The van der Waals surface area contributed by atoms with Gasteiger partial charge in [-0.1, -0.05) is 6.42 Å². The first-order valence-corrected chi connectivity index (χ1v) is 9.35. The number of fused-ring (bicyclic) bond motifs is 2. The molecule has 1 aromatic rings. The number of amides is 2. The number of anilines is 1. The minimum Gasteiger partial charge on any atom is -0.456 e. The summed E-state index contributed by atoms with van der Waals surface area (Å²) < 4.78 is 18.0. The summed E-state index contributed by atoms with van der Waals surface area (Å²) in [5, 5.41) is 2.58. The molecule has 3 atom stereocenters. The highest BCUT2D eigenvalue weighted by molar-refractivity contribution is 5.94. The van der Waals surface area contributed by atoms with Gasteiger partial charge in [-0.15, -0.1) is 0 Å². The minimum atomic E-state index is -0.439. The lowest BCUT2D eigenvalue weighted by Gasteiger charge is -2.21. The van der Waals surface area contributed by atoms with E-state index in [9.17, 15) is 18.8 Å². The molecule has 0 aliphatic heterocycles. The van der Waals surface area contributed by atoms with Crippen LogP contribution in [0.2, 0.25) is 0 Å². The second kappa shape index (κ2) is 8.50. The number of esters is 1. The van der Waals surface area contributed by atoms with Crippen LogP contribution in [-0.4, -0.2) is 42.9 Å². The van der Waals surface area contributed by atoms with E-state index >= 15 is 0 Å². The Hall–Kier alpha value is -2.44. The van der Waals surface area contributed by atoms with Crippen molar-refractivity contribution in [3.63, 3.8) is 0 Å². The Balaban J connectivity index is 1.36. The van der Waals surface area contributed by atoms with Crippen molar-refractivity contribution < 1.29 is 23.5 Å². The van der Waals surface area contributed by atoms with Crippen molar-refractivity contribution in [1.82, 2.24) is 4.90 Å². The highest BCUT2D eigenvalue weighted by Gasteiger charge is 2.40. The topological polar surface area (TPSA) is 75.7 Å². The van der Waals surface area contributed by atoms with Gasteiger partial charge in [0.25, 0.3) is 5.91 Å². The molecule has 7 heteroatoms. The largest absolute Gasteiger partial charge is 0.456 e. The van der Waals surface area contributed by atoms with Gasteiger partial charge in [0.05, 0.1) is 6.54 Å². The van der Waals surface area contributed by atoms with Crippen molar-refractivity contribution in [1.29, 1.82) is 0 Å². The zero-order chi connectivity index (χ0) is 19.4. The van der Waals surface area contributed by atoms with Gasteiger partial charge in [0, 0.05) is 19.2 Å². The molecule has 1 N–H and O–H groups in total. The molecule has 0 unspecified atom stereocenters. The van der Waals surface area contributed by atoms with Crippen LogP contribution in [0, 0.1) is 23.6 Å². The molecule has 6 nitrogen and oxygen atoms in total. The quantitative estimate of drug-likeness (QED) is 0.742. The Morgan fingerprint density at radius 1 is 1.19 bits per heavy atom. The van der Waals surface area contributed by atoms with Crippen molar-refractivity contribution in [2.24, 2.45) is 17.8 Å². The Kier molecular flexibility index (Phi) is 6.08. The fraction of sp³-hybridized carbons (Fsp3) is 0.550. The summed E-state index contributed by atoms with van der Waals surface area (Å²) in [6, 6.07) is 5.35. The molecule has 2 aliphatic carbocycles. The lowest BCUT2D eigenvalue weighted by Crippen LogP contribution is -2.37. The van der Waals surface area contributed by atoms with Crippen LogP contribution in [0.15, 0.2) is 24.3 Å². The number of nitrogens with zero attached hydrogens (tertiary/aromatic N) is 1. The number of likely N-dealkylation sites (N-methyl/N-ethyl adjacent to an activating group) is 1. The van der Waals surface area contributed by atoms with Gasteiger partial charge >= 0.3 is 5.97 Å². The molecule has 0 aromatic heterocycles. The molecule has 27 heavy (non-hydrogen) atoms. The second-order valence-electron chi connectivity index (χ2n) is 7.60. The number of carbonyl (C=O) groups is 3. The lowest BCUT2D eigenvalue weighted by atomic mass is 9.86. The fourth-order valence-corrected chi connectivity index (χ4v) is 4.19. The van der Waals surface area contributed by atoms with Gasteiger partial charge in [-0.25, -0.2) is 4.39 Å². The van der Waals surface area contributed by atoms with E-state index in [1.807, 2.05) is 0 Å². The summed E-state index contributed by atoms with van der Waals surface area (Å²) in [5.41, 5.74) is 0.444. The molecule has 2 bridgehead atoms. The van der Waals surface area contributed by atoms with Crippen LogP contribution in [0.25, 0.3) is 0 Å². The summed E-state index contributed by atoms with van der Waals surface area (Å²) in [6.07, 6.45) is 5.18. The highest BCUT2D eigenvalue weighted by atomic mass is 19.1. The predicted molar refractivity (Wildman–Crippen MR) is 97.2 cm³/mol. The van der Waals surface area contributed by atoms with Gasteiger partial charge in [0.15, 0.2) is 6.61 Å². The number of nitrogens with one attached hydrogen (secondary N) is 1. The zero-order valence-corrected chi connectivity index (χ0v) is 15.4. The minimum absolute atomic E-state index is 0.180. The molecule has 2 aliphatic rings. The standard InChI is InChI=1S/C20H25FN2O4/c1-23(11-18(24)22-17-6-4-16(21)5-7-17)19(25)12-27-20(26)10-15-9-13-2-3-14(15)8-13/h4-7,13-15H,2-3,8-12H2,1H3,(H,22,24)/t13-,14-,15+/m1/s1. The third-order valence-electron chi connectivity index (χ3n) is 5.60. The van der Waals surface area contributed by atoms with E-state index in [2.05, 4.69) is 5.32 Å². The molecular formula is C20H25FN2O4. The van der Waals surface area contributed by atoms with Crippen LogP contribution in [0.4, 0.5) is 10.1 Å². The van der Waals surface area contributed by atoms with Gasteiger partial charge in [-0.05, 0) is 61.3 Å². The van der Waals surface area contributed by atoms with E-state index in [1.54, 1.807) is 0 Å². The van der Waals surface area contributed by atoms with Crippen LogP contribution in [0.5, 0.6) is 0 Å². The molecule has 0 heterocycles. The number of rotatable bonds is 7. The summed E-state index contributed by atoms with van der Waals surface area (Å²) in [5.74, 6) is 0.204. The third-order valence-corrected chi connectivity index (χ3v) is 5.60. The molecule has 0 saturated heterocycles. The van der Waals surface area contributed by atoms with E-state index < -0.39 is 17.6 Å².